The molecular formula is C28H34N8O2. The summed E-state index contributed by atoms with van der Waals surface area (Å²) >= 11 is 0. The van der Waals surface area contributed by atoms with Gasteiger partial charge in [0.15, 0.2) is 5.65 Å². The molecule has 5 rings (SSSR count). The molecule has 38 heavy (non-hydrogen) atoms. The summed E-state index contributed by atoms with van der Waals surface area (Å²) < 4.78 is 7.29. The number of amides is 2. The van der Waals surface area contributed by atoms with E-state index >= 15 is 0 Å². The van der Waals surface area contributed by atoms with E-state index in [1.807, 2.05) is 68.4 Å². The molecule has 1 fully saturated rings. The van der Waals surface area contributed by atoms with Crippen LogP contribution in [0.2, 0.25) is 0 Å². The monoisotopic (exact) mass is 514 g/mol. The molecule has 6 N–H and O–H groups in total. The van der Waals surface area contributed by atoms with E-state index in [-0.39, 0.29) is 18.1 Å². The van der Waals surface area contributed by atoms with Crippen LogP contribution in [0.5, 0.6) is 5.75 Å². The van der Waals surface area contributed by atoms with Crippen LogP contribution >= 0.6 is 0 Å². The Balaban J connectivity index is 1.46. The first-order chi connectivity index (χ1) is 18.5. The first-order valence-corrected chi connectivity index (χ1v) is 13.0. The molecule has 0 atom stereocenters. The van der Waals surface area contributed by atoms with Crippen molar-refractivity contribution in [2.75, 3.05) is 27.9 Å². The van der Waals surface area contributed by atoms with Crippen LogP contribution in [0.25, 0.3) is 5.65 Å². The second kappa shape index (κ2) is 11.4. The number of carbonyl (C=O) groups excluding carboxylic acids is 1. The van der Waals surface area contributed by atoms with Crippen molar-refractivity contribution in [2.24, 2.45) is 5.73 Å². The van der Waals surface area contributed by atoms with Crippen molar-refractivity contribution in [3.63, 3.8) is 0 Å². The quantitative estimate of drug-likeness (QED) is 0.210. The molecule has 0 aliphatic heterocycles. The maximum atomic E-state index is 12.7. The van der Waals surface area contributed by atoms with E-state index in [1.54, 1.807) is 10.7 Å². The number of nitrogens with zero attached hydrogens (tertiary/aromatic N) is 3. The van der Waals surface area contributed by atoms with E-state index in [0.29, 0.717) is 23.6 Å². The lowest BCUT2D eigenvalue weighted by Gasteiger charge is -2.28. The van der Waals surface area contributed by atoms with Crippen molar-refractivity contribution in [3.05, 3.63) is 66.4 Å². The highest BCUT2D eigenvalue weighted by molar-refractivity contribution is 6.02. The van der Waals surface area contributed by atoms with Gasteiger partial charge in [-0.15, -0.1) is 0 Å². The number of fused-ring (bicyclic) bond motifs is 1. The van der Waals surface area contributed by atoms with Gasteiger partial charge in [0.25, 0.3) is 0 Å². The van der Waals surface area contributed by atoms with Crippen LogP contribution in [0.1, 0.15) is 38.2 Å². The first-order valence-electron chi connectivity index (χ1n) is 13.0. The molecule has 1 aliphatic carbocycles. The zero-order chi connectivity index (χ0) is 26.5. The molecular weight excluding hydrogens is 480 g/mol. The van der Waals surface area contributed by atoms with E-state index in [2.05, 4.69) is 26.4 Å². The molecule has 0 spiro atoms. The van der Waals surface area contributed by atoms with Crippen LogP contribution in [0, 0.1) is 6.92 Å². The number of aromatic nitrogens is 3. The molecule has 1 saturated carbocycles. The van der Waals surface area contributed by atoms with Crippen molar-refractivity contribution < 1.29 is 9.53 Å². The van der Waals surface area contributed by atoms with E-state index < -0.39 is 0 Å². The third kappa shape index (κ3) is 5.81. The van der Waals surface area contributed by atoms with Crippen molar-refractivity contribution in [3.8, 4) is 5.75 Å². The molecule has 0 bridgehead atoms. The Morgan fingerprint density at radius 2 is 1.76 bits per heavy atom. The van der Waals surface area contributed by atoms with Crippen LogP contribution < -0.4 is 31.7 Å². The van der Waals surface area contributed by atoms with Gasteiger partial charge in [-0.1, -0.05) is 18.2 Å². The number of nitrogens with one attached hydrogen (secondary N) is 4. The third-order valence-corrected chi connectivity index (χ3v) is 6.70. The fourth-order valence-electron chi connectivity index (χ4n) is 4.65. The lowest BCUT2D eigenvalue weighted by atomic mass is 9.92. The van der Waals surface area contributed by atoms with Gasteiger partial charge in [-0.2, -0.15) is 9.61 Å². The number of hydrogen-bond donors (Lipinski definition) is 5. The highest BCUT2D eigenvalue weighted by Crippen LogP contribution is 2.31. The van der Waals surface area contributed by atoms with Crippen LogP contribution in [-0.4, -0.2) is 39.3 Å². The van der Waals surface area contributed by atoms with E-state index in [0.717, 1.165) is 54.3 Å². The molecule has 0 unspecified atom stereocenters. The predicted octanol–water partition coefficient (Wildman–Crippen LogP) is 5.51. The highest BCUT2D eigenvalue weighted by atomic mass is 16.5. The average Bonchev–Trinajstić information content (AvgIpc) is 3.31. The van der Waals surface area contributed by atoms with Gasteiger partial charge in [-0.05, 0) is 75.9 Å². The van der Waals surface area contributed by atoms with Gasteiger partial charge in [0, 0.05) is 29.0 Å². The lowest BCUT2D eigenvalue weighted by molar-refractivity contribution is 0.262. The molecule has 2 amide bonds. The normalized spacial score (nSPS) is 17.1. The second-order valence-electron chi connectivity index (χ2n) is 9.51. The molecule has 10 nitrogen and oxygen atoms in total. The number of anilines is 5. The van der Waals surface area contributed by atoms with Crippen LogP contribution in [0.15, 0.2) is 60.8 Å². The Bertz CT molecular complexity index is 1380. The van der Waals surface area contributed by atoms with Crippen molar-refractivity contribution in [1.82, 2.24) is 14.6 Å². The first kappa shape index (κ1) is 25.3. The summed E-state index contributed by atoms with van der Waals surface area (Å²) in [6.45, 7) is 4.58. The lowest BCUT2D eigenvalue weighted by Crippen LogP contribution is -2.33. The Labute approximate surface area is 222 Å². The summed E-state index contributed by atoms with van der Waals surface area (Å²) in [7, 11) is 0. The molecule has 198 valence electrons. The van der Waals surface area contributed by atoms with Crippen molar-refractivity contribution in [1.29, 1.82) is 0 Å². The fraction of sp³-hybridized carbons (Fsp3) is 0.321. The van der Waals surface area contributed by atoms with Gasteiger partial charge >= 0.3 is 6.03 Å². The number of nitrogens with two attached hydrogens (primary N) is 1. The van der Waals surface area contributed by atoms with Gasteiger partial charge in [-0.25, -0.2) is 9.78 Å². The van der Waals surface area contributed by atoms with Crippen LogP contribution in [0.3, 0.4) is 0 Å². The molecule has 2 aromatic heterocycles. The maximum Gasteiger partial charge on any atom is 0.323 e. The number of para-hydroxylation sites is 1. The number of carbonyl (C=O) groups is 1. The highest BCUT2D eigenvalue weighted by Gasteiger charge is 2.22. The van der Waals surface area contributed by atoms with Gasteiger partial charge in [-0.3, -0.25) is 0 Å². The zero-order valence-electron chi connectivity index (χ0n) is 21.7. The average molecular weight is 515 g/mol. The van der Waals surface area contributed by atoms with Gasteiger partial charge in [0.2, 0.25) is 0 Å². The molecule has 2 heterocycles. The third-order valence-electron chi connectivity index (χ3n) is 6.70. The molecule has 0 radical (unpaired) electrons. The van der Waals surface area contributed by atoms with E-state index in [9.17, 15) is 4.79 Å². The Hall–Kier alpha value is -4.31. The standard InChI is InChI=1S/C28H34N8O2/c1-3-38-23-15-13-22(14-16-23)32-26-18(2)25(31-21-11-9-19(29)10-12-21)35-27-24(17-30-36(26)27)34-28(37)33-20-7-5-4-6-8-20/h4-8,13-17,19,21,32H,3,9-12,29H2,1-2H3,(H,31,35)(H2,33,34,37)/t19-,21-. The van der Waals surface area contributed by atoms with Gasteiger partial charge in [0.05, 0.1) is 12.8 Å². The number of urea groups is 1. The summed E-state index contributed by atoms with van der Waals surface area (Å²) in [6.07, 6.45) is 5.54. The maximum absolute atomic E-state index is 12.7. The Kier molecular flexibility index (Phi) is 7.60. The SMILES string of the molecule is CCOc1ccc(Nc2c(C)c(N[C@H]3CC[C@H](N)CC3)nc3c(NC(=O)Nc4ccccc4)cnn23)cc1. The predicted molar refractivity (Wildman–Crippen MR) is 152 cm³/mol. The summed E-state index contributed by atoms with van der Waals surface area (Å²) in [6, 6.07) is 17.2. The van der Waals surface area contributed by atoms with Gasteiger partial charge < -0.3 is 31.7 Å². The molecule has 10 heteroatoms. The smallest absolute Gasteiger partial charge is 0.323 e. The van der Waals surface area contributed by atoms with Crippen LogP contribution in [0.4, 0.5) is 33.5 Å². The summed E-state index contributed by atoms with van der Waals surface area (Å²) in [5, 5.41) is 17.4. The van der Waals surface area contributed by atoms with Crippen molar-refractivity contribution in [2.45, 2.75) is 51.6 Å². The Morgan fingerprint density at radius 3 is 2.47 bits per heavy atom. The minimum atomic E-state index is -0.370. The van der Waals surface area contributed by atoms with Crippen LogP contribution in [-0.2, 0) is 0 Å². The minimum Gasteiger partial charge on any atom is -0.494 e. The Morgan fingerprint density at radius 1 is 1.03 bits per heavy atom. The topological polar surface area (TPSA) is 131 Å². The molecule has 4 aromatic rings. The number of hydrogen-bond acceptors (Lipinski definition) is 7. The molecule has 1 aliphatic rings. The molecule has 0 saturated heterocycles. The van der Waals surface area contributed by atoms with E-state index in [4.69, 9.17) is 15.5 Å². The van der Waals surface area contributed by atoms with E-state index in [1.165, 1.54) is 0 Å². The minimum absolute atomic E-state index is 0.259. The number of rotatable bonds is 8. The summed E-state index contributed by atoms with van der Waals surface area (Å²) in [5.74, 6) is 2.31. The number of ether oxygens (including phenoxy) is 1. The number of benzene rings is 2. The second-order valence-corrected chi connectivity index (χ2v) is 9.51. The summed E-state index contributed by atoms with van der Waals surface area (Å²) in [5.41, 5.74) is 9.65. The van der Waals surface area contributed by atoms with Crippen molar-refractivity contribution >= 4 is 40.4 Å². The fourth-order valence-corrected chi connectivity index (χ4v) is 4.65. The molecule has 2 aromatic carbocycles. The zero-order valence-corrected chi connectivity index (χ0v) is 21.7. The largest absolute Gasteiger partial charge is 0.494 e. The van der Waals surface area contributed by atoms with Gasteiger partial charge in [0.1, 0.15) is 23.1 Å². The summed E-state index contributed by atoms with van der Waals surface area (Å²) in [4.78, 5) is 17.6.